The zero-order chi connectivity index (χ0) is 7.07. The molecule has 10 heavy (non-hydrogen) atoms. The van der Waals surface area contributed by atoms with Crippen molar-refractivity contribution >= 4 is 0 Å². The number of azo groups is 2. The molecule has 0 N–H and O–H groups in total. The monoisotopic (exact) mass is 136 g/mol. The van der Waals surface area contributed by atoms with Crippen molar-refractivity contribution in [2.24, 2.45) is 20.5 Å². The summed E-state index contributed by atoms with van der Waals surface area (Å²) in [4.78, 5) is 0. The van der Waals surface area contributed by atoms with Crippen molar-refractivity contribution in [2.45, 2.75) is 0 Å². The van der Waals surface area contributed by atoms with Gasteiger partial charge < -0.3 is 0 Å². The van der Waals surface area contributed by atoms with E-state index in [0.717, 1.165) is 13.1 Å². The predicted octanol–water partition coefficient (Wildman–Crippen LogP) is 1.93. The zero-order valence-electron chi connectivity index (χ0n) is 5.51. The van der Waals surface area contributed by atoms with Crippen LogP contribution in [0.2, 0.25) is 0 Å². The van der Waals surface area contributed by atoms with Gasteiger partial charge in [0.15, 0.2) is 0 Å². The van der Waals surface area contributed by atoms with Gasteiger partial charge in [-0.05, 0) is 12.2 Å². The summed E-state index contributed by atoms with van der Waals surface area (Å²) in [5, 5.41) is 14.2. The van der Waals surface area contributed by atoms with Gasteiger partial charge in [0.05, 0.1) is 13.1 Å². The van der Waals surface area contributed by atoms with Crippen molar-refractivity contribution < 1.29 is 0 Å². The summed E-state index contributed by atoms with van der Waals surface area (Å²) in [7, 11) is 0. The molecular formula is C6H8N4. The predicted molar refractivity (Wildman–Crippen MR) is 37.7 cm³/mol. The summed E-state index contributed by atoms with van der Waals surface area (Å²) < 4.78 is 0. The minimum Gasteiger partial charge on any atom is -0.185 e. The van der Waals surface area contributed by atoms with Gasteiger partial charge in [-0.2, -0.15) is 20.5 Å². The number of nitrogens with zero attached hydrogens (tertiary/aromatic N) is 4. The van der Waals surface area contributed by atoms with E-state index in [1.165, 1.54) is 0 Å². The molecule has 0 saturated heterocycles. The zero-order valence-corrected chi connectivity index (χ0v) is 5.51. The first-order valence-electron chi connectivity index (χ1n) is 3.03. The third-order valence-electron chi connectivity index (χ3n) is 0.882. The minimum absolute atomic E-state index is 0.778. The van der Waals surface area contributed by atoms with Gasteiger partial charge in [0, 0.05) is 12.4 Å². The van der Waals surface area contributed by atoms with Gasteiger partial charge in [-0.25, -0.2) is 0 Å². The van der Waals surface area contributed by atoms with Crippen LogP contribution < -0.4 is 0 Å². The summed E-state index contributed by atoms with van der Waals surface area (Å²) in [6.45, 7) is 1.56. The van der Waals surface area contributed by atoms with E-state index in [4.69, 9.17) is 0 Å². The van der Waals surface area contributed by atoms with Crippen molar-refractivity contribution in [1.29, 1.82) is 0 Å². The van der Waals surface area contributed by atoms with Crippen LogP contribution in [0.3, 0.4) is 0 Å². The second-order valence-electron chi connectivity index (χ2n) is 1.65. The van der Waals surface area contributed by atoms with Crippen LogP contribution in [0.1, 0.15) is 0 Å². The Bertz CT molecular complexity index is 148. The van der Waals surface area contributed by atoms with Crippen molar-refractivity contribution in [3.63, 3.8) is 0 Å². The maximum absolute atomic E-state index is 3.60. The van der Waals surface area contributed by atoms with Crippen molar-refractivity contribution in [1.82, 2.24) is 0 Å². The van der Waals surface area contributed by atoms with Gasteiger partial charge in [-0.15, -0.1) is 0 Å². The van der Waals surface area contributed by atoms with E-state index in [1.54, 1.807) is 12.4 Å². The first-order chi connectivity index (χ1) is 5.00. The average molecular weight is 136 g/mol. The molecule has 0 unspecified atom stereocenters. The molecule has 0 aromatic rings. The fourth-order valence-electron chi connectivity index (χ4n) is 0.471. The SMILES string of the molecule is C1=CN=NC1.C1=CN=NC1. The topological polar surface area (TPSA) is 49.4 Å². The molecule has 2 heterocycles. The summed E-state index contributed by atoms with van der Waals surface area (Å²) in [6, 6.07) is 0. The van der Waals surface area contributed by atoms with E-state index in [2.05, 4.69) is 20.5 Å². The van der Waals surface area contributed by atoms with Crippen LogP contribution in [0, 0.1) is 0 Å². The lowest BCUT2D eigenvalue weighted by molar-refractivity contribution is 1.14. The lowest BCUT2D eigenvalue weighted by Crippen LogP contribution is -1.53. The van der Waals surface area contributed by atoms with Gasteiger partial charge in [0.1, 0.15) is 0 Å². The highest BCUT2D eigenvalue weighted by molar-refractivity contribution is 4.85. The van der Waals surface area contributed by atoms with Crippen molar-refractivity contribution in [3.05, 3.63) is 24.6 Å². The van der Waals surface area contributed by atoms with Gasteiger partial charge >= 0.3 is 0 Å². The average Bonchev–Trinajstić information content (AvgIpc) is 2.67. The summed E-state index contributed by atoms with van der Waals surface area (Å²) in [6.07, 6.45) is 7.19. The lowest BCUT2D eigenvalue weighted by Gasteiger charge is -1.56. The first kappa shape index (κ1) is 6.80. The second kappa shape index (κ2) is 4.55. The summed E-state index contributed by atoms with van der Waals surface area (Å²) >= 11 is 0. The molecule has 0 amide bonds. The van der Waals surface area contributed by atoms with Crippen LogP contribution in [0.15, 0.2) is 45.0 Å². The molecule has 52 valence electrons. The van der Waals surface area contributed by atoms with Crippen LogP contribution in [0.5, 0.6) is 0 Å². The molecule has 0 radical (unpaired) electrons. The quantitative estimate of drug-likeness (QED) is 0.488. The fraction of sp³-hybridized carbons (Fsp3) is 0.333. The Labute approximate surface area is 59.1 Å². The molecule has 4 heteroatoms. The maximum Gasteiger partial charge on any atom is 0.0802 e. The molecule has 0 aromatic heterocycles. The molecule has 0 fully saturated rings. The van der Waals surface area contributed by atoms with Crippen LogP contribution in [0.4, 0.5) is 0 Å². The fourth-order valence-corrected chi connectivity index (χ4v) is 0.471. The highest BCUT2D eigenvalue weighted by Gasteiger charge is 1.74. The molecule has 0 saturated carbocycles. The molecule has 2 aliphatic rings. The molecule has 4 nitrogen and oxygen atoms in total. The molecular weight excluding hydrogens is 128 g/mol. The highest BCUT2D eigenvalue weighted by atomic mass is 15.1. The molecule has 0 spiro atoms. The number of hydrogen-bond donors (Lipinski definition) is 0. The molecule has 0 aliphatic carbocycles. The standard InChI is InChI=1S/2C3H4N2/c2*1-2-4-5-3-1/h2*1-2H,3H2. The summed E-state index contributed by atoms with van der Waals surface area (Å²) in [5.74, 6) is 0. The van der Waals surface area contributed by atoms with E-state index in [1.807, 2.05) is 12.2 Å². The van der Waals surface area contributed by atoms with E-state index < -0.39 is 0 Å². The van der Waals surface area contributed by atoms with Crippen LogP contribution >= 0.6 is 0 Å². The van der Waals surface area contributed by atoms with Gasteiger partial charge in [-0.1, -0.05) is 0 Å². The van der Waals surface area contributed by atoms with Gasteiger partial charge in [0.25, 0.3) is 0 Å². The Kier molecular flexibility index (Phi) is 3.09. The number of rotatable bonds is 0. The van der Waals surface area contributed by atoms with E-state index in [-0.39, 0.29) is 0 Å². The van der Waals surface area contributed by atoms with E-state index >= 15 is 0 Å². The molecule has 2 rings (SSSR count). The van der Waals surface area contributed by atoms with E-state index in [0.29, 0.717) is 0 Å². The molecule has 0 bridgehead atoms. The smallest absolute Gasteiger partial charge is 0.0802 e. The Morgan fingerprint density at radius 3 is 1.40 bits per heavy atom. The largest absolute Gasteiger partial charge is 0.185 e. The third kappa shape index (κ3) is 2.86. The first-order valence-corrected chi connectivity index (χ1v) is 3.03. The van der Waals surface area contributed by atoms with E-state index in [9.17, 15) is 0 Å². The molecule has 2 aliphatic heterocycles. The maximum atomic E-state index is 3.60. The lowest BCUT2D eigenvalue weighted by atomic mass is 10.7. The van der Waals surface area contributed by atoms with Gasteiger partial charge in [0.2, 0.25) is 0 Å². The molecule has 0 aromatic carbocycles. The minimum atomic E-state index is 0.778. The Morgan fingerprint density at radius 2 is 1.30 bits per heavy atom. The molecule has 0 atom stereocenters. The summed E-state index contributed by atoms with van der Waals surface area (Å²) in [5.41, 5.74) is 0. The normalized spacial score (nSPS) is 17.6. The van der Waals surface area contributed by atoms with Gasteiger partial charge in [-0.3, -0.25) is 0 Å². The van der Waals surface area contributed by atoms with Crippen LogP contribution in [-0.2, 0) is 0 Å². The second-order valence-corrected chi connectivity index (χ2v) is 1.65. The highest BCUT2D eigenvalue weighted by Crippen LogP contribution is 1.87. The number of hydrogen-bond acceptors (Lipinski definition) is 4. The van der Waals surface area contributed by atoms with Crippen molar-refractivity contribution in [2.75, 3.05) is 13.1 Å². The van der Waals surface area contributed by atoms with Crippen LogP contribution in [0.25, 0.3) is 0 Å². The van der Waals surface area contributed by atoms with Crippen molar-refractivity contribution in [3.8, 4) is 0 Å². The Morgan fingerprint density at radius 1 is 0.800 bits per heavy atom. The Hall–Kier alpha value is -1.32. The Balaban J connectivity index is 0.0000001000. The third-order valence-corrected chi connectivity index (χ3v) is 0.882. The van der Waals surface area contributed by atoms with Crippen LogP contribution in [-0.4, -0.2) is 13.1 Å².